The molecule has 0 spiro atoms. The summed E-state index contributed by atoms with van der Waals surface area (Å²) in [5, 5.41) is 4.18. The smallest absolute Gasteiger partial charge is 0.0167 e. The summed E-state index contributed by atoms with van der Waals surface area (Å²) in [4.78, 5) is 0. The van der Waals surface area contributed by atoms with Gasteiger partial charge in [0.15, 0.2) is 0 Å². The van der Waals surface area contributed by atoms with E-state index >= 15 is 0 Å². The summed E-state index contributed by atoms with van der Waals surface area (Å²) in [6, 6.07) is 0. The van der Waals surface area contributed by atoms with Gasteiger partial charge >= 0.3 is 0 Å². The fourth-order valence-electron chi connectivity index (χ4n) is 1.02. The maximum absolute atomic E-state index is 4.18. The average molecular weight is 81.1 g/mol. The van der Waals surface area contributed by atoms with Gasteiger partial charge in [-0.05, 0) is 18.3 Å². The quantitative estimate of drug-likeness (QED) is 0.391. The van der Waals surface area contributed by atoms with Crippen LogP contribution in [0.15, 0.2) is 0 Å². The Labute approximate surface area is 37.7 Å². The van der Waals surface area contributed by atoms with Gasteiger partial charge in [0.25, 0.3) is 0 Å². The fraction of sp³-hybridized carbons (Fsp3) is 0.800. The van der Waals surface area contributed by atoms with Crippen LogP contribution in [-0.4, -0.2) is 13.1 Å². The molecule has 2 atom stereocenters. The van der Waals surface area contributed by atoms with E-state index in [4.69, 9.17) is 0 Å². The molecule has 0 amide bonds. The van der Waals surface area contributed by atoms with Gasteiger partial charge in [-0.2, -0.15) is 0 Å². The minimum absolute atomic E-state index is 0.921. The Morgan fingerprint density at radius 1 is 1.33 bits per heavy atom. The Kier molecular flexibility index (Phi) is 0.396. The van der Waals surface area contributed by atoms with Crippen molar-refractivity contribution in [2.75, 3.05) is 13.1 Å². The molecule has 0 aromatic heterocycles. The molecule has 0 aromatic carbocycles. The molecule has 2 rings (SSSR count). The molecule has 2 fully saturated rings. The highest BCUT2D eigenvalue weighted by molar-refractivity contribution is 5.11. The van der Waals surface area contributed by atoms with Gasteiger partial charge in [0.1, 0.15) is 0 Å². The van der Waals surface area contributed by atoms with Crippen LogP contribution in [0.2, 0.25) is 0 Å². The third-order valence-electron chi connectivity index (χ3n) is 1.58. The molecule has 32 valence electrons. The predicted octanol–water partition coefficient (Wildman–Crippen LogP) is 0.0547. The second-order valence-electron chi connectivity index (χ2n) is 2.11. The zero-order valence-electron chi connectivity index (χ0n) is 3.59. The minimum Gasteiger partial charge on any atom is -0.241 e. The number of fused-ring (bicyclic) bond motifs is 1. The van der Waals surface area contributed by atoms with Crippen LogP contribution in [0, 0.1) is 18.3 Å². The highest BCUT2D eigenvalue weighted by Crippen LogP contribution is 2.39. The number of rotatable bonds is 0. The van der Waals surface area contributed by atoms with Crippen molar-refractivity contribution in [3.63, 3.8) is 0 Å². The second kappa shape index (κ2) is 0.784. The normalized spacial score (nSPS) is 52.0. The molecule has 0 N–H and O–H groups in total. The lowest BCUT2D eigenvalue weighted by Gasteiger charge is -1.83. The molecule has 1 nitrogen and oxygen atoms in total. The van der Waals surface area contributed by atoms with Crippen molar-refractivity contribution in [3.05, 3.63) is 6.42 Å². The van der Waals surface area contributed by atoms with Crippen molar-refractivity contribution in [1.29, 1.82) is 0 Å². The molecule has 1 aliphatic heterocycles. The van der Waals surface area contributed by atoms with Crippen molar-refractivity contribution >= 4 is 0 Å². The van der Waals surface area contributed by atoms with Crippen LogP contribution in [0.3, 0.4) is 0 Å². The van der Waals surface area contributed by atoms with E-state index in [1.807, 2.05) is 0 Å². The first kappa shape index (κ1) is 3.03. The lowest BCUT2D eigenvalue weighted by atomic mass is 10.4. The van der Waals surface area contributed by atoms with Crippen LogP contribution >= 0.6 is 0 Å². The van der Waals surface area contributed by atoms with Gasteiger partial charge in [0, 0.05) is 13.1 Å². The van der Waals surface area contributed by atoms with Crippen LogP contribution in [0.1, 0.15) is 0 Å². The number of hydrogen-bond donors (Lipinski definition) is 0. The summed E-state index contributed by atoms with van der Waals surface area (Å²) in [5.74, 6) is 1.84. The van der Waals surface area contributed by atoms with Gasteiger partial charge in [0.2, 0.25) is 0 Å². The van der Waals surface area contributed by atoms with Gasteiger partial charge < -0.3 is 0 Å². The van der Waals surface area contributed by atoms with E-state index in [-0.39, 0.29) is 0 Å². The predicted molar refractivity (Wildman–Crippen MR) is 23.1 cm³/mol. The summed E-state index contributed by atoms with van der Waals surface area (Å²) in [5.41, 5.74) is 0. The molecule has 1 heteroatoms. The standard InChI is InChI=1S/C5H7N/c1-4-2-6-3-5(1)4/h1,4-5H,2-3H2. The Balaban J connectivity index is 2.09. The van der Waals surface area contributed by atoms with Crippen LogP contribution in [0.5, 0.6) is 0 Å². The van der Waals surface area contributed by atoms with Gasteiger partial charge in [-0.3, -0.25) is 0 Å². The Bertz CT molecular complexity index is 62.3. The Morgan fingerprint density at radius 2 is 2.00 bits per heavy atom. The zero-order chi connectivity index (χ0) is 3.98. The summed E-state index contributed by atoms with van der Waals surface area (Å²) < 4.78 is 0. The summed E-state index contributed by atoms with van der Waals surface area (Å²) in [7, 11) is 0. The van der Waals surface area contributed by atoms with Crippen LogP contribution in [0.4, 0.5) is 0 Å². The first-order valence-corrected chi connectivity index (χ1v) is 2.45. The maximum atomic E-state index is 4.18. The van der Waals surface area contributed by atoms with E-state index in [1.165, 1.54) is 0 Å². The van der Waals surface area contributed by atoms with E-state index in [9.17, 15) is 0 Å². The van der Waals surface area contributed by atoms with Gasteiger partial charge in [-0.25, -0.2) is 5.32 Å². The number of nitrogens with zero attached hydrogens (tertiary/aromatic N) is 1. The lowest BCUT2D eigenvalue weighted by molar-refractivity contribution is 0.761. The summed E-state index contributed by atoms with van der Waals surface area (Å²) >= 11 is 0. The Hall–Kier alpha value is -0.0400. The molecule has 0 aromatic rings. The molecule has 6 heavy (non-hydrogen) atoms. The first-order valence-electron chi connectivity index (χ1n) is 2.45. The topological polar surface area (TPSA) is 14.1 Å². The van der Waals surface area contributed by atoms with Crippen LogP contribution < -0.4 is 5.32 Å². The molecular weight excluding hydrogens is 74.1 g/mol. The van der Waals surface area contributed by atoms with E-state index in [0.29, 0.717) is 0 Å². The van der Waals surface area contributed by atoms with E-state index in [0.717, 1.165) is 24.9 Å². The molecule has 2 unspecified atom stereocenters. The molecule has 2 aliphatic rings. The second-order valence-corrected chi connectivity index (χ2v) is 2.11. The largest absolute Gasteiger partial charge is 0.241 e. The average Bonchev–Trinajstić information content (AvgIpc) is 2.17. The lowest BCUT2D eigenvalue weighted by Crippen LogP contribution is -2.00. The molecule has 0 bridgehead atoms. The van der Waals surface area contributed by atoms with Crippen molar-refractivity contribution in [1.82, 2.24) is 5.32 Å². The third-order valence-corrected chi connectivity index (χ3v) is 1.58. The molecule has 1 heterocycles. The number of hydrogen-bond acceptors (Lipinski definition) is 0. The van der Waals surface area contributed by atoms with Crippen LogP contribution in [0.25, 0.3) is 0 Å². The van der Waals surface area contributed by atoms with Gasteiger partial charge in [-0.1, -0.05) is 0 Å². The first-order chi connectivity index (χ1) is 2.97. The van der Waals surface area contributed by atoms with Crippen molar-refractivity contribution < 1.29 is 0 Å². The molecule has 1 saturated carbocycles. The highest BCUT2D eigenvalue weighted by atomic mass is 14.9. The van der Waals surface area contributed by atoms with Crippen molar-refractivity contribution in [3.8, 4) is 0 Å². The van der Waals surface area contributed by atoms with E-state index in [2.05, 4.69) is 11.7 Å². The SMILES string of the molecule is [CH]1C2C[N]CC12. The molecule has 2 radical (unpaired) electrons. The molecule has 1 saturated heterocycles. The van der Waals surface area contributed by atoms with E-state index in [1.54, 1.807) is 0 Å². The third kappa shape index (κ3) is 0.243. The fourth-order valence-corrected chi connectivity index (χ4v) is 1.02. The summed E-state index contributed by atoms with van der Waals surface area (Å²) in [6.07, 6.45) is 2.38. The maximum Gasteiger partial charge on any atom is 0.0167 e. The number of piperidine rings is 1. The van der Waals surface area contributed by atoms with E-state index < -0.39 is 0 Å². The van der Waals surface area contributed by atoms with Gasteiger partial charge in [0.05, 0.1) is 0 Å². The monoisotopic (exact) mass is 81.1 g/mol. The highest BCUT2D eigenvalue weighted by Gasteiger charge is 2.41. The molecule has 1 aliphatic carbocycles. The summed E-state index contributed by atoms with van der Waals surface area (Å²) in [6.45, 7) is 2.26. The van der Waals surface area contributed by atoms with Crippen molar-refractivity contribution in [2.24, 2.45) is 11.8 Å². The Morgan fingerprint density at radius 3 is 2.17 bits per heavy atom. The molecular formula is C5H7N. The van der Waals surface area contributed by atoms with Crippen LogP contribution in [-0.2, 0) is 0 Å². The van der Waals surface area contributed by atoms with Gasteiger partial charge in [-0.15, -0.1) is 0 Å². The van der Waals surface area contributed by atoms with Crippen molar-refractivity contribution in [2.45, 2.75) is 0 Å². The zero-order valence-corrected chi connectivity index (χ0v) is 3.59. The minimum atomic E-state index is 0.921.